The Morgan fingerprint density at radius 2 is 2.00 bits per heavy atom. The Labute approximate surface area is 173 Å². The van der Waals surface area contributed by atoms with Gasteiger partial charge in [0.15, 0.2) is 0 Å². The molecule has 0 unspecified atom stereocenters. The second-order valence-electron chi connectivity index (χ2n) is 7.27. The minimum atomic E-state index is -4.33. The van der Waals surface area contributed by atoms with Crippen LogP contribution in [0.25, 0.3) is 5.52 Å². The van der Waals surface area contributed by atoms with Gasteiger partial charge in [0.25, 0.3) is 0 Å². The highest BCUT2D eigenvalue weighted by atomic mass is 127. The van der Waals surface area contributed by atoms with Crippen LogP contribution in [0.15, 0.2) is 23.1 Å². The summed E-state index contributed by atoms with van der Waals surface area (Å²) in [6.45, 7) is 5.78. The molecule has 0 amide bonds. The van der Waals surface area contributed by atoms with Crippen LogP contribution in [-0.2, 0) is 4.74 Å². The van der Waals surface area contributed by atoms with Crippen LogP contribution in [0.4, 0.5) is 19.0 Å². The van der Waals surface area contributed by atoms with Gasteiger partial charge in [0.05, 0.1) is 29.2 Å². The highest BCUT2D eigenvalue weighted by Gasteiger charge is 2.40. The van der Waals surface area contributed by atoms with Crippen LogP contribution >= 0.6 is 34.4 Å². The average molecular weight is 512 g/mol. The third kappa shape index (κ3) is 4.03. The average Bonchev–Trinajstić information content (AvgIpc) is 2.89. The van der Waals surface area contributed by atoms with Gasteiger partial charge in [-0.15, -0.1) is 0 Å². The van der Waals surface area contributed by atoms with Gasteiger partial charge in [-0.05, 0) is 66.3 Å². The van der Waals surface area contributed by atoms with Gasteiger partial charge in [-0.25, -0.2) is 4.52 Å². The number of ether oxygens (including phenoxy) is 1. The van der Waals surface area contributed by atoms with E-state index in [2.05, 4.69) is 22.2 Å². The number of fused-ring (bicyclic) bond motifs is 1. The molecule has 0 atom stereocenters. The zero-order chi connectivity index (χ0) is 19.2. The fourth-order valence-corrected chi connectivity index (χ4v) is 5.13. The lowest BCUT2D eigenvalue weighted by Crippen LogP contribution is -2.62. The van der Waals surface area contributed by atoms with Crippen molar-refractivity contribution in [2.24, 2.45) is 0 Å². The number of thioether (sulfide) groups is 1. The SMILES string of the molecule is CC1(N2CCC(Nc3cccc4c(SC(F)(F)F)c(I)nn34)CC2)COC1. The molecule has 0 radical (unpaired) electrons. The van der Waals surface area contributed by atoms with Crippen molar-refractivity contribution in [2.75, 3.05) is 31.6 Å². The van der Waals surface area contributed by atoms with Crippen LogP contribution in [0.1, 0.15) is 19.8 Å². The zero-order valence-corrected chi connectivity index (χ0v) is 17.7. The Morgan fingerprint density at radius 1 is 1.30 bits per heavy atom. The summed E-state index contributed by atoms with van der Waals surface area (Å²) in [6, 6.07) is 5.59. The first-order valence-corrected chi connectivity index (χ1v) is 10.7. The van der Waals surface area contributed by atoms with Crippen molar-refractivity contribution in [2.45, 2.75) is 41.7 Å². The van der Waals surface area contributed by atoms with Gasteiger partial charge in [-0.1, -0.05) is 6.07 Å². The van der Waals surface area contributed by atoms with E-state index in [4.69, 9.17) is 4.74 Å². The molecule has 0 aliphatic carbocycles. The van der Waals surface area contributed by atoms with E-state index in [9.17, 15) is 13.2 Å². The summed E-state index contributed by atoms with van der Waals surface area (Å²) in [5.74, 6) is 0.732. The molecule has 2 saturated heterocycles. The lowest BCUT2D eigenvalue weighted by atomic mass is 9.93. The summed E-state index contributed by atoms with van der Waals surface area (Å²) >= 11 is 1.76. The summed E-state index contributed by atoms with van der Waals surface area (Å²) < 4.78 is 45.9. The highest BCUT2D eigenvalue weighted by Crippen LogP contribution is 2.41. The second kappa shape index (κ2) is 7.27. The molecule has 1 N–H and O–H groups in total. The molecule has 5 nitrogen and oxygen atoms in total. The lowest BCUT2D eigenvalue weighted by molar-refractivity contribution is -0.135. The summed E-state index contributed by atoms with van der Waals surface area (Å²) in [5, 5.41) is 7.82. The molecule has 4 heterocycles. The molecule has 2 fully saturated rings. The van der Waals surface area contributed by atoms with Crippen molar-refractivity contribution >= 4 is 45.7 Å². The number of aromatic nitrogens is 2. The molecule has 2 aromatic rings. The molecule has 0 bridgehead atoms. The molecule has 2 aliphatic heterocycles. The summed E-state index contributed by atoms with van der Waals surface area (Å²) in [5.41, 5.74) is -3.70. The van der Waals surface area contributed by atoms with Crippen molar-refractivity contribution in [3.63, 3.8) is 0 Å². The maximum absolute atomic E-state index is 12.9. The fourth-order valence-electron chi connectivity index (χ4n) is 3.69. The zero-order valence-electron chi connectivity index (χ0n) is 14.7. The van der Waals surface area contributed by atoms with Crippen LogP contribution in [0.5, 0.6) is 0 Å². The quantitative estimate of drug-likeness (QED) is 0.491. The number of alkyl halides is 3. The van der Waals surface area contributed by atoms with Gasteiger partial charge in [0.1, 0.15) is 9.52 Å². The number of halogens is 4. The number of hydrogen-bond donors (Lipinski definition) is 1. The third-order valence-corrected chi connectivity index (χ3v) is 7.19. The first-order chi connectivity index (χ1) is 12.8. The number of likely N-dealkylation sites (tertiary alicyclic amines) is 1. The largest absolute Gasteiger partial charge is 0.446 e. The molecule has 2 aromatic heterocycles. The fraction of sp³-hybridized carbons (Fsp3) is 0.588. The molecule has 0 aromatic carbocycles. The van der Waals surface area contributed by atoms with Crippen LogP contribution in [0, 0.1) is 3.70 Å². The van der Waals surface area contributed by atoms with E-state index < -0.39 is 5.51 Å². The first kappa shape index (κ1) is 19.6. The Kier molecular flexibility index (Phi) is 5.27. The van der Waals surface area contributed by atoms with Crippen molar-refractivity contribution < 1.29 is 17.9 Å². The molecule has 2 aliphatic rings. The number of hydrogen-bond acceptors (Lipinski definition) is 5. The van der Waals surface area contributed by atoms with E-state index in [0.29, 0.717) is 9.22 Å². The van der Waals surface area contributed by atoms with Gasteiger partial charge < -0.3 is 10.1 Å². The molecule has 0 spiro atoms. The number of anilines is 1. The summed E-state index contributed by atoms with van der Waals surface area (Å²) in [7, 11) is 0. The van der Waals surface area contributed by atoms with Crippen LogP contribution in [0.3, 0.4) is 0 Å². The van der Waals surface area contributed by atoms with Crippen LogP contribution in [-0.4, -0.2) is 57.9 Å². The third-order valence-electron chi connectivity index (χ3n) is 5.23. The minimum Gasteiger partial charge on any atom is -0.377 e. The summed E-state index contributed by atoms with van der Waals surface area (Å²) in [6.07, 6.45) is 1.96. The Bertz CT molecular complexity index is 831. The van der Waals surface area contributed by atoms with E-state index in [1.807, 2.05) is 28.7 Å². The standard InChI is InChI=1S/C17H20F3IN4OS/c1-16(9-26-10-16)24-7-5-11(6-8-24)22-13-4-2-3-12-14(27-17(18,19)20)15(21)23-25(12)13/h2-4,11,22H,5-10H2,1H3. The van der Waals surface area contributed by atoms with Crippen molar-refractivity contribution in [3.05, 3.63) is 21.9 Å². The van der Waals surface area contributed by atoms with E-state index in [-0.39, 0.29) is 28.2 Å². The number of piperidine rings is 1. The molecular formula is C17H20F3IN4OS. The molecule has 4 rings (SSSR count). The monoisotopic (exact) mass is 512 g/mol. The Hall–Kier alpha value is -0.720. The molecule has 0 saturated carbocycles. The summed E-state index contributed by atoms with van der Waals surface area (Å²) in [4.78, 5) is 2.63. The highest BCUT2D eigenvalue weighted by molar-refractivity contribution is 14.1. The van der Waals surface area contributed by atoms with E-state index >= 15 is 0 Å². The normalized spacial score (nSPS) is 21.4. The van der Waals surface area contributed by atoms with Crippen molar-refractivity contribution in [3.8, 4) is 0 Å². The second-order valence-corrected chi connectivity index (χ2v) is 9.37. The smallest absolute Gasteiger partial charge is 0.377 e. The number of nitrogens with zero attached hydrogens (tertiary/aromatic N) is 3. The van der Waals surface area contributed by atoms with Gasteiger partial charge in [0, 0.05) is 19.1 Å². The maximum Gasteiger partial charge on any atom is 0.446 e. The number of pyridine rings is 1. The van der Waals surface area contributed by atoms with E-state index in [0.717, 1.165) is 45.0 Å². The first-order valence-electron chi connectivity index (χ1n) is 8.77. The molecule has 27 heavy (non-hydrogen) atoms. The number of nitrogens with one attached hydrogen (secondary N) is 1. The topological polar surface area (TPSA) is 41.8 Å². The molecular weight excluding hydrogens is 492 g/mol. The molecule has 10 heteroatoms. The number of rotatable bonds is 4. The Balaban J connectivity index is 1.49. The Morgan fingerprint density at radius 3 is 2.59 bits per heavy atom. The van der Waals surface area contributed by atoms with Gasteiger partial charge in [-0.2, -0.15) is 18.3 Å². The predicted molar refractivity (Wildman–Crippen MR) is 107 cm³/mol. The minimum absolute atomic E-state index is 0.107. The predicted octanol–water partition coefficient (Wildman–Crippen LogP) is 4.22. The van der Waals surface area contributed by atoms with E-state index in [1.54, 1.807) is 16.6 Å². The van der Waals surface area contributed by atoms with E-state index in [1.165, 1.54) is 0 Å². The molecule has 148 valence electrons. The lowest BCUT2D eigenvalue weighted by Gasteiger charge is -2.49. The van der Waals surface area contributed by atoms with Crippen molar-refractivity contribution in [1.82, 2.24) is 14.5 Å². The van der Waals surface area contributed by atoms with Gasteiger partial charge in [0.2, 0.25) is 0 Å². The van der Waals surface area contributed by atoms with Gasteiger partial charge in [-0.3, -0.25) is 4.90 Å². The van der Waals surface area contributed by atoms with Crippen molar-refractivity contribution in [1.29, 1.82) is 0 Å². The van der Waals surface area contributed by atoms with Crippen LogP contribution < -0.4 is 5.32 Å². The van der Waals surface area contributed by atoms with Crippen LogP contribution in [0.2, 0.25) is 0 Å². The maximum atomic E-state index is 12.9. The van der Waals surface area contributed by atoms with Gasteiger partial charge >= 0.3 is 5.51 Å².